The Labute approximate surface area is 99.7 Å². The summed E-state index contributed by atoms with van der Waals surface area (Å²) in [5, 5.41) is 2.79. The predicted molar refractivity (Wildman–Crippen MR) is 65.8 cm³/mol. The molecule has 0 bridgehead atoms. The van der Waals surface area contributed by atoms with Crippen LogP contribution in [0.2, 0.25) is 0 Å². The van der Waals surface area contributed by atoms with Crippen molar-refractivity contribution in [2.45, 2.75) is 13.3 Å². The lowest BCUT2D eigenvalue weighted by Gasteiger charge is -2.05. The van der Waals surface area contributed by atoms with Gasteiger partial charge in [0.2, 0.25) is 0 Å². The van der Waals surface area contributed by atoms with Gasteiger partial charge in [0, 0.05) is 18.1 Å². The van der Waals surface area contributed by atoms with E-state index in [1.807, 2.05) is 24.3 Å². The highest BCUT2D eigenvalue weighted by molar-refractivity contribution is 6.02. The molecule has 0 spiro atoms. The van der Waals surface area contributed by atoms with Gasteiger partial charge in [-0.15, -0.1) is 0 Å². The van der Waals surface area contributed by atoms with E-state index < -0.39 is 0 Å². The second kappa shape index (κ2) is 5.21. The third kappa shape index (κ3) is 2.87. The lowest BCUT2D eigenvalue weighted by atomic mass is 10.1. The summed E-state index contributed by atoms with van der Waals surface area (Å²) in [6.07, 6.45) is 5.42. The van der Waals surface area contributed by atoms with Gasteiger partial charge < -0.3 is 5.32 Å². The molecule has 2 aromatic rings. The fourth-order valence-electron chi connectivity index (χ4n) is 1.48. The molecule has 4 heteroatoms. The molecular formula is C13H13N3O. The van der Waals surface area contributed by atoms with Crippen molar-refractivity contribution < 1.29 is 4.79 Å². The van der Waals surface area contributed by atoms with E-state index in [0.29, 0.717) is 5.69 Å². The second-order valence-electron chi connectivity index (χ2n) is 3.60. The Bertz CT molecular complexity index is 511. The van der Waals surface area contributed by atoms with Crippen molar-refractivity contribution in [2.24, 2.45) is 0 Å². The van der Waals surface area contributed by atoms with Crippen LogP contribution in [-0.2, 0) is 6.42 Å². The molecular weight excluding hydrogens is 214 g/mol. The highest BCUT2D eigenvalue weighted by atomic mass is 16.1. The summed E-state index contributed by atoms with van der Waals surface area (Å²) in [6.45, 7) is 2.07. The molecule has 0 saturated carbocycles. The monoisotopic (exact) mass is 227 g/mol. The maximum atomic E-state index is 11.8. The smallest absolute Gasteiger partial charge is 0.275 e. The summed E-state index contributed by atoms with van der Waals surface area (Å²) in [5.74, 6) is -0.244. The van der Waals surface area contributed by atoms with Crippen LogP contribution in [0, 0.1) is 0 Å². The van der Waals surface area contributed by atoms with E-state index >= 15 is 0 Å². The first-order chi connectivity index (χ1) is 8.29. The number of aromatic nitrogens is 2. The van der Waals surface area contributed by atoms with Crippen LogP contribution < -0.4 is 5.32 Å². The van der Waals surface area contributed by atoms with E-state index in [9.17, 15) is 4.79 Å². The Morgan fingerprint density at radius 3 is 2.94 bits per heavy atom. The molecule has 0 aliphatic heterocycles. The van der Waals surface area contributed by atoms with Crippen LogP contribution in [0.15, 0.2) is 42.9 Å². The number of nitrogens with one attached hydrogen (secondary N) is 1. The molecule has 1 N–H and O–H groups in total. The minimum Gasteiger partial charge on any atom is -0.321 e. The molecule has 0 unspecified atom stereocenters. The zero-order valence-corrected chi connectivity index (χ0v) is 9.55. The first-order valence-electron chi connectivity index (χ1n) is 5.46. The molecule has 17 heavy (non-hydrogen) atoms. The maximum Gasteiger partial charge on any atom is 0.275 e. The predicted octanol–water partition coefficient (Wildman–Crippen LogP) is 2.29. The normalized spacial score (nSPS) is 9.94. The van der Waals surface area contributed by atoms with Gasteiger partial charge in [0.05, 0.1) is 6.20 Å². The van der Waals surface area contributed by atoms with Gasteiger partial charge in [0.1, 0.15) is 5.69 Å². The fraction of sp³-hybridized carbons (Fsp3) is 0.154. The number of benzene rings is 1. The summed E-state index contributed by atoms with van der Waals surface area (Å²) in [6, 6.07) is 7.75. The summed E-state index contributed by atoms with van der Waals surface area (Å²) in [7, 11) is 0. The van der Waals surface area contributed by atoms with Gasteiger partial charge in [0.25, 0.3) is 5.91 Å². The Balaban J connectivity index is 2.13. The molecule has 1 heterocycles. The summed E-state index contributed by atoms with van der Waals surface area (Å²) in [4.78, 5) is 19.6. The number of hydrogen-bond donors (Lipinski definition) is 1. The highest BCUT2D eigenvalue weighted by Crippen LogP contribution is 2.11. The van der Waals surface area contributed by atoms with Crippen molar-refractivity contribution in [3.05, 3.63) is 54.1 Å². The van der Waals surface area contributed by atoms with Crippen LogP contribution in [0.1, 0.15) is 23.0 Å². The molecule has 0 fully saturated rings. The van der Waals surface area contributed by atoms with E-state index in [0.717, 1.165) is 12.1 Å². The molecule has 2 rings (SSSR count). The average molecular weight is 227 g/mol. The summed E-state index contributed by atoms with van der Waals surface area (Å²) >= 11 is 0. The molecule has 1 aromatic carbocycles. The SMILES string of the molecule is CCc1cccc(NC(=O)c2cnccn2)c1. The summed E-state index contributed by atoms with van der Waals surface area (Å²) in [5.41, 5.74) is 2.27. The number of rotatable bonds is 3. The number of aryl methyl sites for hydroxylation is 1. The third-order valence-electron chi connectivity index (χ3n) is 2.39. The van der Waals surface area contributed by atoms with E-state index in [2.05, 4.69) is 22.2 Å². The first kappa shape index (κ1) is 11.3. The second-order valence-corrected chi connectivity index (χ2v) is 3.60. The van der Waals surface area contributed by atoms with Gasteiger partial charge in [-0.05, 0) is 24.1 Å². The molecule has 1 amide bonds. The van der Waals surface area contributed by atoms with E-state index in [-0.39, 0.29) is 5.91 Å². The average Bonchev–Trinajstić information content (AvgIpc) is 2.40. The Morgan fingerprint density at radius 1 is 1.35 bits per heavy atom. The number of hydrogen-bond acceptors (Lipinski definition) is 3. The van der Waals surface area contributed by atoms with Gasteiger partial charge in [-0.3, -0.25) is 9.78 Å². The van der Waals surface area contributed by atoms with Gasteiger partial charge in [-0.25, -0.2) is 4.98 Å². The van der Waals surface area contributed by atoms with Gasteiger partial charge in [-0.2, -0.15) is 0 Å². The molecule has 86 valence electrons. The highest BCUT2D eigenvalue weighted by Gasteiger charge is 2.06. The molecule has 0 radical (unpaired) electrons. The van der Waals surface area contributed by atoms with Crippen molar-refractivity contribution in [1.82, 2.24) is 9.97 Å². The number of carbonyl (C=O) groups excluding carboxylic acids is 1. The molecule has 4 nitrogen and oxygen atoms in total. The molecule has 0 aliphatic carbocycles. The van der Waals surface area contributed by atoms with E-state index in [1.54, 1.807) is 0 Å². The van der Waals surface area contributed by atoms with Crippen LogP contribution in [0.5, 0.6) is 0 Å². The van der Waals surface area contributed by atoms with Crippen LogP contribution >= 0.6 is 0 Å². The maximum absolute atomic E-state index is 11.8. The van der Waals surface area contributed by atoms with Crippen LogP contribution in [0.25, 0.3) is 0 Å². The molecule has 0 aliphatic rings. The lowest BCUT2D eigenvalue weighted by molar-refractivity contribution is 0.102. The van der Waals surface area contributed by atoms with Crippen LogP contribution in [-0.4, -0.2) is 15.9 Å². The zero-order valence-electron chi connectivity index (χ0n) is 9.55. The van der Waals surface area contributed by atoms with E-state index in [4.69, 9.17) is 0 Å². The third-order valence-corrected chi connectivity index (χ3v) is 2.39. The minimum atomic E-state index is -0.244. The van der Waals surface area contributed by atoms with Gasteiger partial charge >= 0.3 is 0 Å². The Kier molecular flexibility index (Phi) is 3.45. The standard InChI is InChI=1S/C13H13N3O/c1-2-10-4-3-5-11(8-10)16-13(17)12-9-14-6-7-15-12/h3-9H,2H2,1H3,(H,16,17). The Morgan fingerprint density at radius 2 is 2.24 bits per heavy atom. The fourth-order valence-corrected chi connectivity index (χ4v) is 1.48. The number of carbonyl (C=O) groups is 1. The minimum absolute atomic E-state index is 0.244. The molecule has 0 atom stereocenters. The largest absolute Gasteiger partial charge is 0.321 e. The first-order valence-corrected chi connectivity index (χ1v) is 5.46. The molecule has 1 aromatic heterocycles. The van der Waals surface area contributed by atoms with Crippen molar-refractivity contribution in [3.63, 3.8) is 0 Å². The lowest BCUT2D eigenvalue weighted by Crippen LogP contribution is -2.13. The number of nitrogens with zero attached hydrogens (tertiary/aromatic N) is 2. The van der Waals surface area contributed by atoms with Gasteiger partial charge in [0.15, 0.2) is 0 Å². The summed E-state index contributed by atoms with van der Waals surface area (Å²) < 4.78 is 0. The van der Waals surface area contributed by atoms with Crippen molar-refractivity contribution >= 4 is 11.6 Å². The van der Waals surface area contributed by atoms with Crippen molar-refractivity contribution in [3.8, 4) is 0 Å². The van der Waals surface area contributed by atoms with Crippen molar-refractivity contribution in [2.75, 3.05) is 5.32 Å². The number of amides is 1. The van der Waals surface area contributed by atoms with Gasteiger partial charge in [-0.1, -0.05) is 19.1 Å². The van der Waals surface area contributed by atoms with Crippen LogP contribution in [0.3, 0.4) is 0 Å². The van der Waals surface area contributed by atoms with Crippen LogP contribution in [0.4, 0.5) is 5.69 Å². The molecule has 0 saturated heterocycles. The number of anilines is 1. The quantitative estimate of drug-likeness (QED) is 0.875. The topological polar surface area (TPSA) is 54.9 Å². The van der Waals surface area contributed by atoms with E-state index in [1.165, 1.54) is 24.2 Å². The van der Waals surface area contributed by atoms with Crippen molar-refractivity contribution in [1.29, 1.82) is 0 Å². The zero-order chi connectivity index (χ0) is 12.1. The Hall–Kier alpha value is -2.23.